The lowest BCUT2D eigenvalue weighted by Crippen LogP contribution is -2.55. The Bertz CT molecular complexity index is 741. The number of amides is 1. The molecule has 1 aromatic carbocycles. The van der Waals surface area contributed by atoms with Gasteiger partial charge < -0.3 is 14.4 Å². The topological polar surface area (TPSA) is 59.1 Å². The SMILES string of the molecule is C[C@@H](C(=O)N1CCC[C@H]1C(=O)OC(C)(C)C)N1[C@H](c2ccccc2)COC1(C)C. The molecule has 0 radical (unpaired) electrons. The highest BCUT2D eigenvalue weighted by Crippen LogP contribution is 2.39. The molecule has 6 nitrogen and oxygen atoms in total. The van der Waals surface area contributed by atoms with Gasteiger partial charge in [-0.25, -0.2) is 4.79 Å². The van der Waals surface area contributed by atoms with Crippen molar-refractivity contribution in [2.45, 2.75) is 83.8 Å². The summed E-state index contributed by atoms with van der Waals surface area (Å²) in [7, 11) is 0. The Labute approximate surface area is 174 Å². The van der Waals surface area contributed by atoms with Crippen LogP contribution in [0, 0.1) is 0 Å². The summed E-state index contributed by atoms with van der Waals surface area (Å²) in [6.07, 6.45) is 1.46. The van der Waals surface area contributed by atoms with Crippen molar-refractivity contribution in [2.24, 2.45) is 0 Å². The van der Waals surface area contributed by atoms with Gasteiger partial charge in [-0.2, -0.15) is 0 Å². The van der Waals surface area contributed by atoms with Gasteiger partial charge in [0.15, 0.2) is 0 Å². The van der Waals surface area contributed by atoms with Gasteiger partial charge in [0.1, 0.15) is 17.4 Å². The molecule has 0 bridgehead atoms. The highest BCUT2D eigenvalue weighted by molar-refractivity contribution is 5.88. The van der Waals surface area contributed by atoms with Crippen LogP contribution in [0.3, 0.4) is 0 Å². The first-order chi connectivity index (χ1) is 13.5. The number of benzene rings is 1. The van der Waals surface area contributed by atoms with E-state index in [2.05, 4.69) is 17.0 Å². The van der Waals surface area contributed by atoms with Crippen LogP contribution in [0.5, 0.6) is 0 Å². The first-order valence-corrected chi connectivity index (χ1v) is 10.5. The molecule has 0 spiro atoms. The molecular weight excluding hydrogens is 368 g/mol. The molecule has 2 saturated heterocycles. The number of carbonyl (C=O) groups is 2. The number of esters is 1. The first-order valence-electron chi connectivity index (χ1n) is 10.5. The zero-order valence-electron chi connectivity index (χ0n) is 18.5. The maximum absolute atomic E-state index is 13.5. The number of ether oxygens (including phenoxy) is 2. The van der Waals surface area contributed by atoms with E-state index in [1.165, 1.54) is 0 Å². The maximum Gasteiger partial charge on any atom is 0.329 e. The predicted molar refractivity (Wildman–Crippen MR) is 111 cm³/mol. The molecule has 3 atom stereocenters. The van der Waals surface area contributed by atoms with Gasteiger partial charge in [0.05, 0.1) is 18.7 Å². The van der Waals surface area contributed by atoms with E-state index >= 15 is 0 Å². The van der Waals surface area contributed by atoms with Crippen molar-refractivity contribution in [1.82, 2.24) is 9.80 Å². The van der Waals surface area contributed by atoms with Gasteiger partial charge in [0, 0.05) is 6.54 Å². The van der Waals surface area contributed by atoms with E-state index in [9.17, 15) is 9.59 Å². The van der Waals surface area contributed by atoms with Gasteiger partial charge in [0.25, 0.3) is 0 Å². The number of likely N-dealkylation sites (tertiary alicyclic amines) is 1. The zero-order chi connectivity index (χ0) is 21.4. The van der Waals surface area contributed by atoms with E-state index in [0.29, 0.717) is 19.6 Å². The van der Waals surface area contributed by atoms with Crippen LogP contribution in [0.1, 0.15) is 66.0 Å². The highest BCUT2D eigenvalue weighted by Gasteiger charge is 2.48. The number of carbonyl (C=O) groups excluding carboxylic acids is 2. The van der Waals surface area contributed by atoms with Crippen LogP contribution in [-0.4, -0.2) is 58.2 Å². The summed E-state index contributed by atoms with van der Waals surface area (Å²) in [5.74, 6) is -0.357. The molecule has 2 aliphatic heterocycles. The van der Waals surface area contributed by atoms with Crippen LogP contribution in [0.25, 0.3) is 0 Å². The lowest BCUT2D eigenvalue weighted by atomic mass is 10.0. The van der Waals surface area contributed by atoms with Crippen molar-refractivity contribution >= 4 is 11.9 Å². The minimum Gasteiger partial charge on any atom is -0.458 e. The summed E-state index contributed by atoms with van der Waals surface area (Å²) in [5, 5.41) is 0. The largest absolute Gasteiger partial charge is 0.458 e. The maximum atomic E-state index is 13.5. The lowest BCUT2D eigenvalue weighted by Gasteiger charge is -2.40. The molecule has 0 saturated carbocycles. The van der Waals surface area contributed by atoms with Gasteiger partial charge in [0.2, 0.25) is 5.91 Å². The second-order valence-electron chi connectivity index (χ2n) is 9.49. The monoisotopic (exact) mass is 402 g/mol. The van der Waals surface area contributed by atoms with Crippen LogP contribution in [0.4, 0.5) is 0 Å². The van der Waals surface area contributed by atoms with E-state index in [0.717, 1.165) is 12.0 Å². The average Bonchev–Trinajstić information content (AvgIpc) is 3.24. The Balaban J connectivity index is 1.81. The summed E-state index contributed by atoms with van der Waals surface area (Å²) in [6, 6.07) is 9.20. The van der Waals surface area contributed by atoms with Crippen molar-refractivity contribution in [2.75, 3.05) is 13.2 Å². The fraction of sp³-hybridized carbons (Fsp3) is 0.652. The Morgan fingerprint density at radius 1 is 1.21 bits per heavy atom. The summed E-state index contributed by atoms with van der Waals surface area (Å²) >= 11 is 0. The zero-order valence-corrected chi connectivity index (χ0v) is 18.5. The minimum atomic E-state index is -0.573. The normalized spacial score (nSPS) is 25.8. The second-order valence-corrected chi connectivity index (χ2v) is 9.49. The van der Waals surface area contributed by atoms with E-state index in [4.69, 9.17) is 9.47 Å². The molecular formula is C23H34N2O4. The van der Waals surface area contributed by atoms with E-state index in [1.807, 2.05) is 59.7 Å². The molecule has 0 unspecified atom stereocenters. The van der Waals surface area contributed by atoms with Gasteiger partial charge >= 0.3 is 5.97 Å². The number of nitrogens with zero attached hydrogens (tertiary/aromatic N) is 2. The molecule has 0 N–H and O–H groups in total. The molecule has 3 rings (SSSR count). The minimum absolute atomic E-state index is 0.00673. The molecule has 0 aromatic heterocycles. The molecule has 1 amide bonds. The molecule has 1 aromatic rings. The predicted octanol–water partition coefficient (Wildman–Crippen LogP) is 3.52. The van der Waals surface area contributed by atoms with Gasteiger partial charge in [-0.3, -0.25) is 9.69 Å². The number of hydrogen-bond acceptors (Lipinski definition) is 5. The average molecular weight is 403 g/mol. The van der Waals surface area contributed by atoms with Crippen LogP contribution < -0.4 is 0 Å². The Hall–Kier alpha value is -1.92. The third kappa shape index (κ3) is 4.64. The fourth-order valence-electron chi connectivity index (χ4n) is 4.49. The van der Waals surface area contributed by atoms with Crippen molar-refractivity contribution in [1.29, 1.82) is 0 Å². The highest BCUT2D eigenvalue weighted by atomic mass is 16.6. The van der Waals surface area contributed by atoms with Gasteiger partial charge in [-0.15, -0.1) is 0 Å². The van der Waals surface area contributed by atoms with E-state index in [-0.39, 0.29) is 17.9 Å². The lowest BCUT2D eigenvalue weighted by molar-refractivity contribution is -0.165. The number of hydrogen-bond donors (Lipinski definition) is 0. The fourth-order valence-corrected chi connectivity index (χ4v) is 4.49. The molecule has 29 heavy (non-hydrogen) atoms. The Kier molecular flexibility index (Phi) is 6.06. The molecule has 0 aliphatic carbocycles. The van der Waals surface area contributed by atoms with Crippen LogP contribution >= 0.6 is 0 Å². The summed E-state index contributed by atoms with van der Waals surface area (Å²) in [5.41, 5.74) is -0.0113. The first kappa shape index (κ1) is 21.8. The van der Waals surface area contributed by atoms with Crippen molar-refractivity contribution in [3.05, 3.63) is 35.9 Å². The van der Waals surface area contributed by atoms with Crippen molar-refractivity contribution in [3.63, 3.8) is 0 Å². The molecule has 2 heterocycles. The summed E-state index contributed by atoms with van der Waals surface area (Å²) < 4.78 is 11.6. The molecule has 160 valence electrons. The Morgan fingerprint density at radius 3 is 2.48 bits per heavy atom. The third-order valence-corrected chi connectivity index (χ3v) is 5.73. The van der Waals surface area contributed by atoms with E-state index in [1.54, 1.807) is 4.90 Å². The van der Waals surface area contributed by atoms with Crippen LogP contribution in [0.2, 0.25) is 0 Å². The van der Waals surface area contributed by atoms with Gasteiger partial charge in [-0.05, 0) is 59.9 Å². The standard InChI is InChI=1S/C23H34N2O4/c1-16(20(26)24-14-10-13-18(24)21(27)29-22(2,3)4)25-19(15-28-23(25,5)6)17-11-8-7-9-12-17/h7-9,11-12,16,18-19H,10,13-15H2,1-6H3/t16-,18-,19-/m0/s1. The van der Waals surface area contributed by atoms with Crippen molar-refractivity contribution < 1.29 is 19.1 Å². The summed E-state index contributed by atoms with van der Waals surface area (Å²) in [6.45, 7) is 12.6. The van der Waals surface area contributed by atoms with Crippen molar-refractivity contribution in [3.8, 4) is 0 Å². The summed E-state index contributed by atoms with van der Waals surface area (Å²) in [4.78, 5) is 30.0. The molecule has 2 aliphatic rings. The van der Waals surface area contributed by atoms with Gasteiger partial charge in [-0.1, -0.05) is 30.3 Å². The second kappa shape index (κ2) is 8.07. The number of rotatable bonds is 4. The third-order valence-electron chi connectivity index (χ3n) is 5.73. The smallest absolute Gasteiger partial charge is 0.329 e. The molecule has 6 heteroatoms. The Morgan fingerprint density at radius 2 is 1.86 bits per heavy atom. The van der Waals surface area contributed by atoms with E-state index < -0.39 is 23.4 Å². The van der Waals surface area contributed by atoms with Crippen LogP contribution in [0.15, 0.2) is 30.3 Å². The van der Waals surface area contributed by atoms with Crippen LogP contribution in [-0.2, 0) is 19.1 Å². The quantitative estimate of drug-likeness (QED) is 0.721. The molecule has 2 fully saturated rings.